The summed E-state index contributed by atoms with van der Waals surface area (Å²) in [7, 11) is 0. The first-order chi connectivity index (χ1) is 9.65. The quantitative estimate of drug-likeness (QED) is 0.801. The average molecular weight is 272 g/mol. The molecule has 0 saturated heterocycles. The van der Waals surface area contributed by atoms with Gasteiger partial charge in [-0.15, -0.1) is 0 Å². The second-order valence-electron chi connectivity index (χ2n) is 5.30. The molecule has 0 N–H and O–H groups in total. The van der Waals surface area contributed by atoms with E-state index in [4.69, 9.17) is 4.74 Å². The predicted molar refractivity (Wildman–Crippen MR) is 73.8 cm³/mol. The van der Waals surface area contributed by atoms with Crippen LogP contribution in [-0.2, 0) is 4.74 Å². The summed E-state index contributed by atoms with van der Waals surface area (Å²) in [5.74, 6) is -0.123. The van der Waals surface area contributed by atoms with Crippen LogP contribution in [-0.4, -0.2) is 22.0 Å². The summed E-state index contributed by atoms with van der Waals surface area (Å²) in [5, 5.41) is 0. The molecule has 0 aromatic carbocycles. The second kappa shape index (κ2) is 5.07. The summed E-state index contributed by atoms with van der Waals surface area (Å²) >= 11 is 0. The maximum absolute atomic E-state index is 12.2. The summed E-state index contributed by atoms with van der Waals surface area (Å²) in [4.78, 5) is 28.3. The molecule has 1 fully saturated rings. The van der Waals surface area contributed by atoms with Crippen LogP contribution in [0, 0.1) is 12.8 Å². The van der Waals surface area contributed by atoms with E-state index in [1.54, 1.807) is 18.3 Å². The lowest BCUT2D eigenvalue weighted by atomic mass is 9.86. The molecule has 3 rings (SSSR count). The molecule has 5 heteroatoms. The Labute approximate surface area is 116 Å². The molecule has 0 aliphatic heterocycles. The van der Waals surface area contributed by atoms with Crippen LogP contribution in [0.1, 0.15) is 35.2 Å². The zero-order valence-electron chi connectivity index (χ0n) is 11.3. The molecular formula is C15H16N2O3. The zero-order valence-corrected chi connectivity index (χ0v) is 11.3. The van der Waals surface area contributed by atoms with E-state index in [1.165, 1.54) is 17.0 Å². The largest absolute Gasteiger partial charge is 0.462 e. The number of ether oxygens (including phenoxy) is 1. The van der Waals surface area contributed by atoms with Gasteiger partial charge in [0.05, 0.1) is 6.61 Å². The van der Waals surface area contributed by atoms with Crippen molar-refractivity contribution in [2.24, 2.45) is 5.92 Å². The average Bonchev–Trinajstić information content (AvgIpc) is 2.36. The molecule has 0 atom stereocenters. The summed E-state index contributed by atoms with van der Waals surface area (Å²) in [5.41, 5.74) is 1.15. The summed E-state index contributed by atoms with van der Waals surface area (Å²) < 4.78 is 6.56. The van der Waals surface area contributed by atoms with E-state index in [0.717, 1.165) is 18.4 Å². The van der Waals surface area contributed by atoms with Gasteiger partial charge in [0, 0.05) is 12.4 Å². The number of carbonyl (C=O) groups excluding carboxylic acids is 1. The molecule has 0 unspecified atom stereocenters. The van der Waals surface area contributed by atoms with Crippen LogP contribution in [0.25, 0.3) is 5.65 Å². The molecule has 2 aromatic heterocycles. The van der Waals surface area contributed by atoms with Gasteiger partial charge in [-0.1, -0.05) is 6.42 Å². The summed E-state index contributed by atoms with van der Waals surface area (Å²) in [6.45, 7) is 2.32. The lowest BCUT2D eigenvalue weighted by Crippen LogP contribution is -2.26. The van der Waals surface area contributed by atoms with Crippen molar-refractivity contribution in [2.45, 2.75) is 26.2 Å². The number of esters is 1. The van der Waals surface area contributed by atoms with Crippen molar-refractivity contribution in [2.75, 3.05) is 6.61 Å². The number of carbonyl (C=O) groups is 1. The Balaban J connectivity index is 1.87. The molecule has 0 radical (unpaired) electrons. The lowest BCUT2D eigenvalue weighted by Gasteiger charge is -2.24. The number of pyridine rings is 1. The highest BCUT2D eigenvalue weighted by molar-refractivity contribution is 5.88. The number of hydrogen-bond donors (Lipinski definition) is 0. The van der Waals surface area contributed by atoms with E-state index in [1.807, 2.05) is 6.92 Å². The topological polar surface area (TPSA) is 60.7 Å². The first kappa shape index (κ1) is 12.8. The molecule has 1 saturated carbocycles. The van der Waals surface area contributed by atoms with E-state index >= 15 is 0 Å². The molecule has 2 heterocycles. The van der Waals surface area contributed by atoms with Crippen molar-refractivity contribution in [3.63, 3.8) is 0 Å². The first-order valence-corrected chi connectivity index (χ1v) is 6.80. The molecule has 0 spiro atoms. The predicted octanol–water partition coefficient (Wildman–Crippen LogP) is 1.96. The fourth-order valence-electron chi connectivity index (χ4n) is 2.25. The standard InChI is InChI=1S/C15H16N2O3/c1-10-5-6-17-13(7-10)16-8-12(14(17)18)15(19)20-9-11-3-2-4-11/h5-8,11H,2-4,9H2,1H3. The molecule has 20 heavy (non-hydrogen) atoms. The number of hydrogen-bond acceptors (Lipinski definition) is 4. The second-order valence-corrected chi connectivity index (χ2v) is 5.30. The Bertz CT molecular complexity index is 717. The SMILES string of the molecule is Cc1ccn2c(=O)c(C(=O)OCC3CCC3)cnc2c1. The highest BCUT2D eigenvalue weighted by atomic mass is 16.5. The van der Waals surface area contributed by atoms with Crippen molar-refractivity contribution < 1.29 is 9.53 Å². The number of nitrogens with zero attached hydrogens (tertiary/aromatic N) is 2. The monoisotopic (exact) mass is 272 g/mol. The Morgan fingerprint density at radius 1 is 1.50 bits per heavy atom. The van der Waals surface area contributed by atoms with Gasteiger partial charge in [-0.25, -0.2) is 9.78 Å². The normalized spacial score (nSPS) is 15.1. The minimum absolute atomic E-state index is 0.00863. The van der Waals surface area contributed by atoms with Crippen LogP contribution in [0.15, 0.2) is 29.3 Å². The van der Waals surface area contributed by atoms with Crippen LogP contribution in [0.5, 0.6) is 0 Å². The maximum Gasteiger partial charge on any atom is 0.345 e. The minimum atomic E-state index is -0.579. The number of fused-ring (bicyclic) bond motifs is 1. The van der Waals surface area contributed by atoms with Crippen LogP contribution in [0.3, 0.4) is 0 Å². The van der Waals surface area contributed by atoms with Crippen LogP contribution in [0.2, 0.25) is 0 Å². The lowest BCUT2D eigenvalue weighted by molar-refractivity contribution is 0.0369. The van der Waals surface area contributed by atoms with E-state index in [-0.39, 0.29) is 11.1 Å². The molecule has 5 nitrogen and oxygen atoms in total. The molecule has 0 amide bonds. The fraction of sp³-hybridized carbons (Fsp3) is 0.400. The molecule has 104 valence electrons. The molecule has 0 bridgehead atoms. The molecule has 2 aromatic rings. The Morgan fingerprint density at radius 2 is 2.30 bits per heavy atom. The van der Waals surface area contributed by atoms with Crippen LogP contribution >= 0.6 is 0 Å². The van der Waals surface area contributed by atoms with E-state index in [9.17, 15) is 9.59 Å². The van der Waals surface area contributed by atoms with Gasteiger partial charge in [-0.05, 0) is 43.4 Å². The molecule has 1 aliphatic carbocycles. The smallest absolute Gasteiger partial charge is 0.345 e. The number of rotatable bonds is 3. The number of aromatic nitrogens is 2. The van der Waals surface area contributed by atoms with Gasteiger partial charge in [-0.2, -0.15) is 0 Å². The fourth-order valence-corrected chi connectivity index (χ4v) is 2.25. The van der Waals surface area contributed by atoms with Gasteiger partial charge in [0.2, 0.25) is 0 Å². The zero-order chi connectivity index (χ0) is 14.1. The van der Waals surface area contributed by atoms with Crippen LogP contribution in [0.4, 0.5) is 0 Å². The van der Waals surface area contributed by atoms with Gasteiger partial charge in [0.1, 0.15) is 11.2 Å². The van der Waals surface area contributed by atoms with E-state index in [2.05, 4.69) is 4.98 Å². The third-order valence-electron chi connectivity index (χ3n) is 3.76. The van der Waals surface area contributed by atoms with Crippen molar-refractivity contribution in [3.05, 3.63) is 46.0 Å². The third-order valence-corrected chi connectivity index (χ3v) is 3.76. The Hall–Kier alpha value is -2.17. The Kier molecular flexibility index (Phi) is 3.26. The van der Waals surface area contributed by atoms with Gasteiger partial charge in [-0.3, -0.25) is 9.20 Å². The van der Waals surface area contributed by atoms with Crippen molar-refractivity contribution in [3.8, 4) is 0 Å². The molecule has 1 aliphatic rings. The maximum atomic E-state index is 12.2. The van der Waals surface area contributed by atoms with Gasteiger partial charge >= 0.3 is 5.97 Å². The van der Waals surface area contributed by atoms with Crippen molar-refractivity contribution in [1.82, 2.24) is 9.38 Å². The van der Waals surface area contributed by atoms with E-state index < -0.39 is 5.97 Å². The highest BCUT2D eigenvalue weighted by Crippen LogP contribution is 2.26. The highest BCUT2D eigenvalue weighted by Gasteiger charge is 2.21. The Morgan fingerprint density at radius 3 is 3.00 bits per heavy atom. The van der Waals surface area contributed by atoms with Crippen molar-refractivity contribution >= 4 is 11.6 Å². The summed E-state index contributed by atoms with van der Waals surface area (Å²) in [6.07, 6.45) is 6.33. The molecular weight excluding hydrogens is 256 g/mol. The van der Waals surface area contributed by atoms with E-state index in [0.29, 0.717) is 18.2 Å². The van der Waals surface area contributed by atoms with Gasteiger partial charge in [0.25, 0.3) is 5.56 Å². The van der Waals surface area contributed by atoms with Crippen molar-refractivity contribution in [1.29, 1.82) is 0 Å². The van der Waals surface area contributed by atoms with Gasteiger partial charge < -0.3 is 4.74 Å². The number of aryl methyl sites for hydroxylation is 1. The third kappa shape index (κ3) is 2.31. The van der Waals surface area contributed by atoms with Crippen LogP contribution < -0.4 is 5.56 Å². The minimum Gasteiger partial charge on any atom is -0.462 e. The van der Waals surface area contributed by atoms with Gasteiger partial charge in [0.15, 0.2) is 0 Å². The first-order valence-electron chi connectivity index (χ1n) is 6.80. The summed E-state index contributed by atoms with van der Waals surface area (Å²) in [6, 6.07) is 3.60.